The molecule has 1 N–H and O–H groups in total. The van der Waals surface area contributed by atoms with E-state index < -0.39 is 23.5 Å². The number of halogens is 5. The van der Waals surface area contributed by atoms with Crippen molar-refractivity contribution in [2.75, 3.05) is 51.6 Å². The van der Waals surface area contributed by atoms with Crippen LogP contribution in [0.15, 0.2) is 36.5 Å². The van der Waals surface area contributed by atoms with Crippen molar-refractivity contribution >= 4 is 45.6 Å². The van der Waals surface area contributed by atoms with Crippen LogP contribution in [0.3, 0.4) is 0 Å². The second kappa shape index (κ2) is 11.7. The van der Waals surface area contributed by atoms with Crippen molar-refractivity contribution in [1.29, 1.82) is 0 Å². The van der Waals surface area contributed by atoms with Gasteiger partial charge in [0.2, 0.25) is 5.95 Å². The minimum atomic E-state index is -4.70. The quantitative estimate of drug-likeness (QED) is 0.144. The van der Waals surface area contributed by atoms with Gasteiger partial charge < -0.3 is 24.4 Å². The number of ether oxygens (including phenoxy) is 1. The molecule has 2 heterocycles. The Bertz CT molecular complexity index is 1600. The standard InChI is InChI=1S/C25H25ClF4N8O3/c1-35(2)7-8-36(3)19-12-21(41-4)17(11-20(19)38(39)40)34-24-31-6-5-16(33-24)23-32-18-10-14(26)9-15(27)22(18)37(23)13-25(28,29)30/h5-6,9-12H,7-8,13H2,1-4H3,(H,31,33,34). The third-order valence-corrected chi connectivity index (χ3v) is 6.23. The lowest BCUT2D eigenvalue weighted by Gasteiger charge is -2.22. The molecule has 0 unspecified atom stereocenters. The van der Waals surface area contributed by atoms with Gasteiger partial charge in [-0.2, -0.15) is 13.2 Å². The van der Waals surface area contributed by atoms with Gasteiger partial charge in [0.1, 0.15) is 29.2 Å². The molecule has 16 heteroatoms. The third-order valence-electron chi connectivity index (χ3n) is 6.02. The largest absolute Gasteiger partial charge is 0.494 e. The highest BCUT2D eigenvalue weighted by molar-refractivity contribution is 6.31. The maximum Gasteiger partial charge on any atom is 0.406 e. The average Bonchev–Trinajstić information content (AvgIpc) is 3.23. The number of rotatable bonds is 10. The molecule has 0 fully saturated rings. The number of nitro groups is 1. The number of imidazole rings is 1. The molecule has 0 atom stereocenters. The van der Waals surface area contributed by atoms with Crippen LogP contribution in [0.2, 0.25) is 5.02 Å². The first-order chi connectivity index (χ1) is 19.3. The third kappa shape index (κ3) is 6.74. The zero-order valence-corrected chi connectivity index (χ0v) is 23.1. The number of alkyl halides is 3. The highest BCUT2D eigenvalue weighted by Crippen LogP contribution is 2.39. The minimum absolute atomic E-state index is 0.0345. The number of hydrogen-bond donors (Lipinski definition) is 1. The predicted molar refractivity (Wildman–Crippen MR) is 147 cm³/mol. The molecule has 0 aliphatic carbocycles. The Kier molecular flexibility index (Phi) is 8.49. The van der Waals surface area contributed by atoms with E-state index in [1.807, 2.05) is 19.0 Å². The molecule has 0 aliphatic heterocycles. The highest BCUT2D eigenvalue weighted by Gasteiger charge is 2.32. The number of nitrogens with one attached hydrogen (secondary N) is 1. The van der Waals surface area contributed by atoms with E-state index in [1.165, 1.54) is 37.6 Å². The molecule has 2 aromatic heterocycles. The van der Waals surface area contributed by atoms with Gasteiger partial charge in [-0.15, -0.1) is 0 Å². The summed E-state index contributed by atoms with van der Waals surface area (Å²) in [5.41, 5.74) is -0.301. The molecule has 4 aromatic rings. The molecule has 0 saturated carbocycles. The smallest absolute Gasteiger partial charge is 0.406 e. The molecule has 41 heavy (non-hydrogen) atoms. The van der Waals surface area contributed by atoms with Crippen molar-refractivity contribution in [2.45, 2.75) is 12.7 Å². The van der Waals surface area contributed by atoms with Gasteiger partial charge in [0, 0.05) is 43.5 Å². The van der Waals surface area contributed by atoms with Gasteiger partial charge in [-0.05, 0) is 32.3 Å². The number of nitro benzene ring substituents is 1. The van der Waals surface area contributed by atoms with Crippen molar-refractivity contribution in [3.8, 4) is 17.3 Å². The lowest BCUT2D eigenvalue weighted by atomic mass is 10.2. The number of anilines is 3. The number of aromatic nitrogens is 4. The van der Waals surface area contributed by atoms with Gasteiger partial charge in [0.15, 0.2) is 11.6 Å². The van der Waals surface area contributed by atoms with E-state index >= 15 is 0 Å². The fourth-order valence-corrected chi connectivity index (χ4v) is 4.32. The van der Waals surface area contributed by atoms with Gasteiger partial charge in [-0.3, -0.25) is 10.1 Å². The van der Waals surface area contributed by atoms with Crippen LogP contribution >= 0.6 is 11.6 Å². The van der Waals surface area contributed by atoms with Crippen LogP contribution in [-0.2, 0) is 6.54 Å². The molecular formula is C25H25ClF4N8O3. The van der Waals surface area contributed by atoms with Crippen LogP contribution in [0.25, 0.3) is 22.6 Å². The summed E-state index contributed by atoms with van der Waals surface area (Å²) in [6, 6.07) is 6.21. The summed E-state index contributed by atoms with van der Waals surface area (Å²) in [4.78, 5) is 27.6. The molecule has 0 amide bonds. The van der Waals surface area contributed by atoms with Crippen LogP contribution in [0.4, 0.5) is 40.6 Å². The zero-order valence-electron chi connectivity index (χ0n) is 22.3. The van der Waals surface area contributed by atoms with Gasteiger partial charge in [0.25, 0.3) is 5.69 Å². The van der Waals surface area contributed by atoms with Crippen molar-refractivity contribution in [1.82, 2.24) is 24.4 Å². The van der Waals surface area contributed by atoms with Crippen molar-refractivity contribution < 1.29 is 27.2 Å². The SMILES string of the molecule is COc1cc(N(C)CCN(C)C)c([N+](=O)[O-])cc1Nc1nccc(-c2nc3cc(Cl)cc(F)c3n2CC(F)(F)F)n1. The van der Waals surface area contributed by atoms with E-state index in [4.69, 9.17) is 16.3 Å². The van der Waals surface area contributed by atoms with E-state index in [0.29, 0.717) is 23.3 Å². The van der Waals surface area contributed by atoms with Crippen LogP contribution in [0.1, 0.15) is 0 Å². The monoisotopic (exact) mass is 596 g/mol. The molecule has 218 valence electrons. The van der Waals surface area contributed by atoms with E-state index in [1.54, 1.807) is 11.9 Å². The number of hydrogen-bond acceptors (Lipinski definition) is 9. The Hall–Kier alpha value is -4.24. The summed E-state index contributed by atoms with van der Waals surface area (Å²) in [6.07, 6.45) is -3.44. The van der Waals surface area contributed by atoms with Crippen LogP contribution in [0.5, 0.6) is 5.75 Å². The minimum Gasteiger partial charge on any atom is -0.494 e. The topological polar surface area (TPSA) is 114 Å². The van der Waals surface area contributed by atoms with E-state index in [2.05, 4.69) is 20.3 Å². The average molecular weight is 597 g/mol. The second-order valence-electron chi connectivity index (χ2n) is 9.31. The number of likely N-dealkylation sites (N-methyl/N-ethyl adjacent to an activating group) is 2. The first-order valence-corrected chi connectivity index (χ1v) is 12.4. The van der Waals surface area contributed by atoms with E-state index in [9.17, 15) is 27.7 Å². The summed E-state index contributed by atoms with van der Waals surface area (Å²) in [6.45, 7) is -0.390. The fraction of sp³-hybridized carbons (Fsp3) is 0.320. The van der Waals surface area contributed by atoms with E-state index in [-0.39, 0.29) is 50.6 Å². The number of fused-ring (bicyclic) bond motifs is 1. The molecule has 0 bridgehead atoms. The Balaban J connectivity index is 1.76. The van der Waals surface area contributed by atoms with Gasteiger partial charge in [-0.25, -0.2) is 19.3 Å². The first kappa shape index (κ1) is 29.7. The maximum atomic E-state index is 14.7. The summed E-state index contributed by atoms with van der Waals surface area (Å²) in [5, 5.41) is 14.7. The first-order valence-electron chi connectivity index (χ1n) is 12.0. The fourth-order valence-electron chi connectivity index (χ4n) is 4.12. The van der Waals surface area contributed by atoms with E-state index in [0.717, 1.165) is 6.07 Å². The Morgan fingerprint density at radius 3 is 2.51 bits per heavy atom. The van der Waals surface area contributed by atoms with Crippen LogP contribution in [0, 0.1) is 15.9 Å². The molecule has 0 spiro atoms. The molecular weight excluding hydrogens is 572 g/mol. The maximum absolute atomic E-state index is 14.7. The Morgan fingerprint density at radius 1 is 1.15 bits per heavy atom. The summed E-state index contributed by atoms with van der Waals surface area (Å²) in [5.74, 6) is -1.14. The summed E-state index contributed by atoms with van der Waals surface area (Å²) in [7, 11) is 6.86. The molecule has 2 aromatic carbocycles. The predicted octanol–water partition coefficient (Wildman–Crippen LogP) is 5.51. The molecule has 0 radical (unpaired) electrons. The number of benzene rings is 2. The normalized spacial score (nSPS) is 11.8. The van der Waals surface area contributed by atoms with Gasteiger partial charge in [0.05, 0.1) is 23.2 Å². The van der Waals surface area contributed by atoms with Crippen LogP contribution < -0.4 is 15.0 Å². The summed E-state index contributed by atoms with van der Waals surface area (Å²) < 4.78 is 61.2. The van der Waals surface area contributed by atoms with Crippen molar-refractivity contribution in [3.05, 3.63) is 57.5 Å². The van der Waals surface area contributed by atoms with Crippen molar-refractivity contribution in [2.24, 2.45) is 0 Å². The van der Waals surface area contributed by atoms with Crippen molar-refractivity contribution in [3.63, 3.8) is 0 Å². The van der Waals surface area contributed by atoms with Crippen LogP contribution in [-0.4, -0.2) is 76.9 Å². The second-order valence-corrected chi connectivity index (χ2v) is 9.74. The Morgan fingerprint density at radius 2 is 1.88 bits per heavy atom. The van der Waals surface area contributed by atoms with Gasteiger partial charge in [-0.1, -0.05) is 11.6 Å². The lowest BCUT2D eigenvalue weighted by Crippen LogP contribution is -2.28. The number of nitrogens with zero attached hydrogens (tertiary/aromatic N) is 7. The molecule has 0 saturated heterocycles. The molecule has 0 aliphatic rings. The Labute approximate surface area is 236 Å². The highest BCUT2D eigenvalue weighted by atomic mass is 35.5. The summed E-state index contributed by atoms with van der Waals surface area (Å²) >= 11 is 5.89. The zero-order chi connectivity index (χ0) is 30.1. The lowest BCUT2D eigenvalue weighted by molar-refractivity contribution is -0.384. The molecule has 4 rings (SSSR count). The number of methoxy groups -OCH3 is 1. The van der Waals surface area contributed by atoms with Gasteiger partial charge >= 0.3 is 6.18 Å². The molecule has 11 nitrogen and oxygen atoms in total.